The average molecular weight is 290 g/mol. The summed E-state index contributed by atoms with van der Waals surface area (Å²) >= 11 is 0. The molecule has 2 heterocycles. The highest BCUT2D eigenvalue weighted by Crippen LogP contribution is 2.37. The molecular formula is C14H14N2O5. The van der Waals surface area contributed by atoms with Gasteiger partial charge in [0, 0.05) is 12.5 Å². The van der Waals surface area contributed by atoms with Crippen molar-refractivity contribution in [2.75, 3.05) is 6.79 Å². The highest BCUT2D eigenvalue weighted by Gasteiger charge is 2.18. The van der Waals surface area contributed by atoms with Crippen molar-refractivity contribution in [3.63, 3.8) is 0 Å². The summed E-state index contributed by atoms with van der Waals surface area (Å²) in [6.07, 6.45) is 2.40. The topological polar surface area (TPSA) is 83.7 Å². The first-order chi connectivity index (χ1) is 10.3. The fraction of sp³-hybridized carbons (Fsp3) is 0.357. The van der Waals surface area contributed by atoms with Crippen LogP contribution in [-0.2, 0) is 13.0 Å². The van der Waals surface area contributed by atoms with Crippen LogP contribution >= 0.6 is 0 Å². The minimum Gasteiger partial charge on any atom is -0.483 e. The number of aldehydes is 1. The molecule has 0 aliphatic carbocycles. The van der Waals surface area contributed by atoms with Crippen LogP contribution in [0.2, 0.25) is 0 Å². The zero-order valence-corrected chi connectivity index (χ0v) is 11.5. The van der Waals surface area contributed by atoms with Gasteiger partial charge >= 0.3 is 0 Å². The van der Waals surface area contributed by atoms with E-state index in [1.165, 1.54) is 0 Å². The molecule has 3 rings (SSSR count). The van der Waals surface area contributed by atoms with Crippen molar-refractivity contribution in [2.24, 2.45) is 0 Å². The minimum absolute atomic E-state index is 0.0944. The molecule has 0 unspecified atom stereocenters. The van der Waals surface area contributed by atoms with Gasteiger partial charge in [-0.05, 0) is 12.5 Å². The number of nitrogens with zero attached hydrogens (tertiary/aromatic N) is 2. The molecule has 0 atom stereocenters. The van der Waals surface area contributed by atoms with Crippen molar-refractivity contribution in [1.82, 2.24) is 10.1 Å². The third-order valence-corrected chi connectivity index (χ3v) is 2.97. The van der Waals surface area contributed by atoms with Crippen LogP contribution in [0.4, 0.5) is 0 Å². The molecule has 7 nitrogen and oxygen atoms in total. The van der Waals surface area contributed by atoms with E-state index in [0.29, 0.717) is 40.8 Å². The molecule has 0 amide bonds. The Hall–Kier alpha value is -2.57. The molecule has 2 aromatic rings. The fourth-order valence-electron chi connectivity index (χ4n) is 1.97. The second kappa shape index (κ2) is 5.82. The highest BCUT2D eigenvalue weighted by molar-refractivity contribution is 5.81. The molecule has 0 spiro atoms. The summed E-state index contributed by atoms with van der Waals surface area (Å²) in [5.74, 6) is 2.50. The predicted octanol–water partition coefficient (Wildman–Crippen LogP) is 2.14. The molecular weight excluding hydrogens is 276 g/mol. The minimum atomic E-state index is 0.0944. The SMILES string of the molecule is CCCc1noc(COc2cc3c(cc2C=O)OCO3)n1. The van der Waals surface area contributed by atoms with Gasteiger partial charge < -0.3 is 18.7 Å². The van der Waals surface area contributed by atoms with Gasteiger partial charge in [-0.15, -0.1) is 0 Å². The van der Waals surface area contributed by atoms with Crippen molar-refractivity contribution in [3.8, 4) is 17.2 Å². The summed E-state index contributed by atoms with van der Waals surface area (Å²) in [6.45, 7) is 2.27. The molecule has 0 fully saturated rings. The van der Waals surface area contributed by atoms with Gasteiger partial charge in [0.05, 0.1) is 5.56 Å². The number of carbonyl (C=O) groups excluding carboxylic acids is 1. The third-order valence-electron chi connectivity index (χ3n) is 2.97. The van der Waals surface area contributed by atoms with Crippen LogP contribution in [-0.4, -0.2) is 23.2 Å². The van der Waals surface area contributed by atoms with E-state index in [0.717, 1.165) is 12.8 Å². The van der Waals surface area contributed by atoms with Crippen LogP contribution in [0.25, 0.3) is 0 Å². The van der Waals surface area contributed by atoms with Crippen LogP contribution in [0.3, 0.4) is 0 Å². The Morgan fingerprint density at radius 3 is 2.90 bits per heavy atom. The maximum atomic E-state index is 11.1. The van der Waals surface area contributed by atoms with E-state index in [9.17, 15) is 4.79 Å². The van der Waals surface area contributed by atoms with Crippen LogP contribution in [0.15, 0.2) is 16.7 Å². The molecule has 0 saturated heterocycles. The van der Waals surface area contributed by atoms with E-state index in [1.807, 2.05) is 6.92 Å². The fourth-order valence-corrected chi connectivity index (χ4v) is 1.97. The summed E-state index contributed by atoms with van der Waals surface area (Å²) in [5, 5.41) is 3.84. The molecule has 0 saturated carbocycles. The molecule has 0 radical (unpaired) electrons. The number of fused-ring (bicyclic) bond motifs is 1. The van der Waals surface area contributed by atoms with Crippen molar-refractivity contribution in [1.29, 1.82) is 0 Å². The van der Waals surface area contributed by atoms with Crippen molar-refractivity contribution < 1.29 is 23.5 Å². The van der Waals surface area contributed by atoms with Crippen molar-refractivity contribution in [2.45, 2.75) is 26.4 Å². The van der Waals surface area contributed by atoms with Gasteiger partial charge in [-0.25, -0.2) is 0 Å². The van der Waals surface area contributed by atoms with Crippen LogP contribution in [0, 0.1) is 0 Å². The normalized spacial score (nSPS) is 12.4. The smallest absolute Gasteiger partial charge is 0.264 e. The molecule has 110 valence electrons. The Labute approximate surface area is 120 Å². The molecule has 1 aromatic carbocycles. The first kappa shape index (κ1) is 13.4. The average Bonchev–Trinajstić information content (AvgIpc) is 3.12. The second-order valence-corrected chi connectivity index (χ2v) is 4.50. The Morgan fingerprint density at radius 1 is 1.33 bits per heavy atom. The molecule has 1 aliphatic heterocycles. The standard InChI is InChI=1S/C14H14N2O5/c1-2-3-13-15-14(21-16-13)7-18-10-5-12-11(19-8-20-12)4-9(10)6-17/h4-6H,2-3,7-8H2,1H3. The number of aromatic nitrogens is 2. The molecule has 1 aliphatic rings. The van der Waals surface area contributed by atoms with Crippen LogP contribution in [0.1, 0.15) is 35.4 Å². The predicted molar refractivity (Wildman–Crippen MR) is 70.6 cm³/mol. The lowest BCUT2D eigenvalue weighted by Crippen LogP contribution is -1.99. The summed E-state index contributed by atoms with van der Waals surface area (Å²) in [4.78, 5) is 15.3. The second-order valence-electron chi connectivity index (χ2n) is 4.50. The van der Waals surface area contributed by atoms with Gasteiger partial charge in [0.2, 0.25) is 6.79 Å². The maximum Gasteiger partial charge on any atom is 0.264 e. The van der Waals surface area contributed by atoms with Gasteiger partial charge in [-0.3, -0.25) is 4.79 Å². The Morgan fingerprint density at radius 2 is 2.14 bits per heavy atom. The van der Waals surface area contributed by atoms with Crippen LogP contribution in [0.5, 0.6) is 17.2 Å². The summed E-state index contributed by atoms with van der Waals surface area (Å²) in [5.41, 5.74) is 0.382. The number of aryl methyl sites for hydroxylation is 1. The van der Waals surface area contributed by atoms with Gasteiger partial charge in [0.15, 0.2) is 30.2 Å². The van der Waals surface area contributed by atoms with Crippen molar-refractivity contribution >= 4 is 6.29 Å². The third kappa shape index (κ3) is 2.81. The lowest BCUT2D eigenvalue weighted by atomic mass is 10.2. The van der Waals surface area contributed by atoms with Gasteiger partial charge in [-0.1, -0.05) is 12.1 Å². The number of hydrogen-bond donors (Lipinski definition) is 0. The molecule has 0 N–H and O–H groups in total. The van der Waals surface area contributed by atoms with Crippen LogP contribution < -0.4 is 14.2 Å². The molecule has 21 heavy (non-hydrogen) atoms. The van der Waals surface area contributed by atoms with E-state index in [2.05, 4.69) is 10.1 Å². The van der Waals surface area contributed by atoms with Gasteiger partial charge in [0.25, 0.3) is 5.89 Å². The van der Waals surface area contributed by atoms with Gasteiger partial charge in [-0.2, -0.15) is 4.98 Å². The number of rotatable bonds is 6. The Kier molecular flexibility index (Phi) is 3.72. The highest BCUT2D eigenvalue weighted by atomic mass is 16.7. The number of ether oxygens (including phenoxy) is 3. The summed E-state index contributed by atoms with van der Waals surface area (Å²) < 4.78 is 21.1. The lowest BCUT2D eigenvalue weighted by molar-refractivity contribution is 0.111. The largest absolute Gasteiger partial charge is 0.483 e. The zero-order chi connectivity index (χ0) is 14.7. The summed E-state index contributed by atoms with van der Waals surface area (Å²) in [6, 6.07) is 3.20. The lowest BCUT2D eigenvalue weighted by Gasteiger charge is -2.07. The Balaban J connectivity index is 1.73. The quantitative estimate of drug-likeness (QED) is 0.753. The van der Waals surface area contributed by atoms with Gasteiger partial charge in [0.1, 0.15) is 5.75 Å². The first-order valence-electron chi connectivity index (χ1n) is 6.63. The number of carbonyl (C=O) groups is 1. The van der Waals surface area contributed by atoms with E-state index in [1.54, 1.807) is 12.1 Å². The molecule has 7 heteroatoms. The van der Waals surface area contributed by atoms with Crippen molar-refractivity contribution in [3.05, 3.63) is 29.4 Å². The van der Waals surface area contributed by atoms with E-state index in [-0.39, 0.29) is 13.4 Å². The number of hydrogen-bond acceptors (Lipinski definition) is 7. The molecule has 1 aromatic heterocycles. The van der Waals surface area contributed by atoms with E-state index >= 15 is 0 Å². The molecule has 0 bridgehead atoms. The maximum absolute atomic E-state index is 11.1. The Bertz CT molecular complexity index is 653. The van der Waals surface area contributed by atoms with E-state index in [4.69, 9.17) is 18.7 Å². The first-order valence-corrected chi connectivity index (χ1v) is 6.63. The zero-order valence-electron chi connectivity index (χ0n) is 11.5. The van der Waals surface area contributed by atoms with E-state index < -0.39 is 0 Å². The number of benzene rings is 1. The monoisotopic (exact) mass is 290 g/mol. The summed E-state index contributed by atoms with van der Waals surface area (Å²) in [7, 11) is 0.